The van der Waals surface area contributed by atoms with Crippen LogP contribution in [0.15, 0.2) is 16.6 Å². The van der Waals surface area contributed by atoms with E-state index in [1.807, 2.05) is 6.92 Å². The first-order valence-corrected chi connectivity index (χ1v) is 6.29. The topological polar surface area (TPSA) is 75.6 Å². The lowest BCUT2D eigenvalue weighted by atomic mass is 10.1. The Morgan fingerprint density at radius 2 is 1.67 bits per heavy atom. The van der Waals surface area contributed by atoms with Gasteiger partial charge in [-0.05, 0) is 40.2 Å². The van der Waals surface area contributed by atoms with Gasteiger partial charge in [0.1, 0.15) is 5.78 Å². The fourth-order valence-corrected chi connectivity index (χ4v) is 1.38. The molecule has 2 aliphatic heterocycles. The predicted octanol–water partition coefficient (Wildman–Crippen LogP) is 0.706. The normalized spacial score (nSPS) is 15.4. The number of hydrogen-bond acceptors (Lipinski definition) is 4. The molecule has 2 heterocycles. The number of rotatable bonds is 0. The van der Waals surface area contributed by atoms with Crippen molar-refractivity contribution >= 4 is 40.0 Å². The summed E-state index contributed by atoms with van der Waals surface area (Å²) in [5, 5.41) is 2.38. The Morgan fingerprint density at radius 3 is 1.86 bits per heavy atom. The van der Waals surface area contributed by atoms with E-state index in [2.05, 4.69) is 23.3 Å². The van der Waals surface area contributed by atoms with Crippen molar-refractivity contribution in [3.8, 4) is 0 Å². The Morgan fingerprint density at radius 1 is 1.14 bits per heavy atom. The van der Waals surface area contributed by atoms with E-state index in [-0.39, 0.29) is 28.4 Å². The summed E-state index contributed by atoms with van der Waals surface area (Å²) in [6.07, 6.45) is 3.67. The quantitative estimate of drug-likeness (QED) is 0.526. The minimum Gasteiger partial charge on any atom is -0.349 e. The average molecular weight is 288 g/mol. The van der Waals surface area contributed by atoms with Crippen molar-refractivity contribution in [3.63, 3.8) is 0 Å². The van der Waals surface area contributed by atoms with Crippen LogP contribution in [0.5, 0.6) is 0 Å². The van der Waals surface area contributed by atoms with Crippen molar-refractivity contribution in [1.29, 1.82) is 0 Å². The lowest BCUT2D eigenvalue weighted by Gasteiger charge is -2.04. The third kappa shape index (κ3) is 14.6. The maximum Gasteiger partial charge on any atom is 0.287 e. The van der Waals surface area contributed by atoms with Crippen molar-refractivity contribution in [1.82, 2.24) is 5.32 Å². The molecular weight excluding hydrogens is 266 g/mol. The zero-order valence-corrected chi connectivity index (χ0v) is 13.2. The molecule has 7 heteroatoms. The molecule has 6 radical (unpaired) electrons. The van der Waals surface area contributed by atoms with Crippen LogP contribution in [-0.2, 0) is 14.4 Å². The number of dihydropyridines is 1. The molecule has 1 N–H and O–H groups in total. The van der Waals surface area contributed by atoms with E-state index in [1.54, 1.807) is 0 Å². The summed E-state index contributed by atoms with van der Waals surface area (Å²) >= 11 is 0. The van der Waals surface area contributed by atoms with Gasteiger partial charge in [0.25, 0.3) is 5.91 Å². The number of ketones is 2. The van der Waals surface area contributed by atoms with Crippen LogP contribution < -0.4 is 5.32 Å². The lowest BCUT2D eigenvalue weighted by molar-refractivity contribution is -0.135. The predicted molar refractivity (Wildman–Crippen MR) is 86.8 cm³/mol. The number of allylic oxidation sites excluding steroid dienone is 1. The molecule has 0 atom stereocenters. The van der Waals surface area contributed by atoms with Crippen molar-refractivity contribution in [2.45, 2.75) is 40.5 Å². The molecule has 0 aromatic heterocycles. The van der Waals surface area contributed by atoms with Gasteiger partial charge < -0.3 is 10.1 Å². The van der Waals surface area contributed by atoms with Crippen LogP contribution in [-0.4, -0.2) is 53.1 Å². The number of carbonyl (C=O) groups is 3. The van der Waals surface area contributed by atoms with Crippen molar-refractivity contribution in [2.24, 2.45) is 4.99 Å². The van der Waals surface area contributed by atoms with Crippen LogP contribution in [0, 0.1) is 0 Å². The molecule has 2 rings (SSSR count). The highest BCUT2D eigenvalue weighted by molar-refractivity contribution is 6.37. The van der Waals surface area contributed by atoms with Gasteiger partial charge >= 0.3 is 0 Å². The number of carbonyl (C=O) groups excluding carboxylic acids is 3. The molecule has 5 nitrogen and oxygen atoms in total. The molecule has 112 valence electrons. The second-order valence-electron chi connectivity index (χ2n) is 4.60. The van der Waals surface area contributed by atoms with Crippen LogP contribution >= 0.6 is 0 Å². The fraction of sp³-hybridized carbons (Fsp3) is 0.571. The molecule has 0 aliphatic carbocycles. The molecule has 0 unspecified atom stereocenters. The number of nitrogens with one attached hydrogen (secondary N) is 1. The molecule has 1 fully saturated rings. The monoisotopic (exact) mass is 288 g/mol. The van der Waals surface area contributed by atoms with Crippen molar-refractivity contribution < 1.29 is 14.4 Å². The van der Waals surface area contributed by atoms with E-state index in [0.717, 1.165) is 13.0 Å². The molecule has 2 aliphatic rings. The van der Waals surface area contributed by atoms with E-state index in [4.69, 9.17) is 0 Å². The zero-order valence-electron chi connectivity index (χ0n) is 13.2. The molecule has 1 amide bonds. The van der Waals surface area contributed by atoms with Crippen LogP contribution in [0.1, 0.15) is 40.5 Å². The van der Waals surface area contributed by atoms with Gasteiger partial charge in [-0.1, -0.05) is 5.57 Å². The number of aliphatic imine (C=N–C) groups is 1. The highest BCUT2D eigenvalue weighted by atomic mass is 16.2. The van der Waals surface area contributed by atoms with Crippen molar-refractivity contribution in [2.75, 3.05) is 13.1 Å². The first-order valence-electron chi connectivity index (χ1n) is 6.29. The van der Waals surface area contributed by atoms with E-state index in [1.165, 1.54) is 25.1 Å². The smallest absolute Gasteiger partial charge is 0.287 e. The van der Waals surface area contributed by atoms with Crippen LogP contribution in [0.25, 0.3) is 0 Å². The van der Waals surface area contributed by atoms with Gasteiger partial charge in [0, 0.05) is 42.0 Å². The highest BCUT2D eigenvalue weighted by Crippen LogP contribution is 2.05. The van der Waals surface area contributed by atoms with Gasteiger partial charge in [-0.2, -0.15) is 0 Å². The van der Waals surface area contributed by atoms with Gasteiger partial charge in [-0.15, -0.1) is 0 Å². The number of Topliss-reactive ketones (excluding diaryl/α,β-unsaturated/α-hetero) is 2. The second-order valence-corrected chi connectivity index (χ2v) is 4.60. The molecule has 0 bridgehead atoms. The Labute approximate surface area is 130 Å². The minimum absolute atomic E-state index is 0. The highest BCUT2D eigenvalue weighted by Gasteiger charge is 2.18. The molecule has 0 aromatic rings. The minimum atomic E-state index is -0.431. The summed E-state index contributed by atoms with van der Waals surface area (Å²) in [6.45, 7) is 8.77. The maximum atomic E-state index is 10.2. The summed E-state index contributed by atoms with van der Waals surface area (Å²) in [5.41, 5.74) is 2.63. The number of nitrogens with zero attached hydrogens (tertiary/aromatic N) is 1. The number of hydrogen-bond donors (Lipinski definition) is 1. The summed E-state index contributed by atoms with van der Waals surface area (Å²) in [6, 6.07) is 0. The Hall–Kier alpha value is -1.65. The average Bonchev–Trinajstić information content (AvgIpc) is 2.63. The standard InChI is InChI=1S/C7H11N.C4H5NO2.C3H6O.2B/c1-6-3-4-8-7(2)5-6;6-3-1-2-5-4(3)7;1-3(2)4;;/h5H,3-4H2,1-2H3;1-2H2,(H,5,7);1-2H3;;. The Kier molecular flexibility index (Phi) is 15.5. The van der Waals surface area contributed by atoms with Crippen LogP contribution in [0.2, 0.25) is 0 Å². The number of amides is 1. The maximum absolute atomic E-state index is 10.2. The lowest BCUT2D eigenvalue weighted by Crippen LogP contribution is -2.18. The molecule has 0 aromatic carbocycles. The third-order valence-electron chi connectivity index (χ3n) is 2.21. The SMILES string of the molecule is CC(C)=O.CC1=CC(C)=NCC1.O=C1CCNC1=O.[B].[B]. The first-order chi connectivity index (χ1) is 8.82. The summed E-state index contributed by atoms with van der Waals surface area (Å²) in [5.74, 6) is -0.556. The Balaban J connectivity index is -0.000000233. The van der Waals surface area contributed by atoms with Gasteiger partial charge in [0.2, 0.25) is 5.78 Å². The summed E-state index contributed by atoms with van der Waals surface area (Å²) in [7, 11) is 0. The van der Waals surface area contributed by atoms with E-state index < -0.39 is 5.91 Å². The van der Waals surface area contributed by atoms with Crippen LogP contribution in [0.3, 0.4) is 0 Å². The van der Waals surface area contributed by atoms with E-state index >= 15 is 0 Å². The van der Waals surface area contributed by atoms with Gasteiger partial charge in [0.05, 0.1) is 0 Å². The fourth-order valence-electron chi connectivity index (χ4n) is 1.38. The molecular formula is C14H22B2N2O3. The Bertz CT molecular complexity index is 400. The summed E-state index contributed by atoms with van der Waals surface area (Å²) < 4.78 is 0. The van der Waals surface area contributed by atoms with Gasteiger partial charge in [-0.25, -0.2) is 0 Å². The van der Waals surface area contributed by atoms with E-state index in [9.17, 15) is 14.4 Å². The summed E-state index contributed by atoms with van der Waals surface area (Å²) in [4.78, 5) is 33.9. The largest absolute Gasteiger partial charge is 0.349 e. The van der Waals surface area contributed by atoms with Gasteiger partial charge in [-0.3, -0.25) is 14.6 Å². The van der Waals surface area contributed by atoms with E-state index in [0.29, 0.717) is 13.0 Å². The van der Waals surface area contributed by atoms with Crippen LogP contribution in [0.4, 0.5) is 0 Å². The molecule has 21 heavy (non-hydrogen) atoms. The second kappa shape index (κ2) is 13.3. The van der Waals surface area contributed by atoms with Gasteiger partial charge in [0.15, 0.2) is 0 Å². The molecule has 0 spiro atoms. The third-order valence-corrected chi connectivity index (χ3v) is 2.21. The first kappa shape index (κ1) is 24.4. The van der Waals surface area contributed by atoms with Crippen molar-refractivity contribution in [3.05, 3.63) is 11.6 Å². The molecule has 1 saturated heterocycles. The zero-order chi connectivity index (χ0) is 14.8. The molecule has 0 saturated carbocycles.